The minimum Gasteiger partial charge on any atom is -0.300 e. The number of thiazole rings is 1. The number of hydrogen-bond acceptors (Lipinski definition) is 7. The second kappa shape index (κ2) is 9.42. The number of aryl methyl sites for hydroxylation is 2. The van der Waals surface area contributed by atoms with Crippen molar-refractivity contribution < 1.29 is 14.4 Å². The van der Waals surface area contributed by atoms with Crippen LogP contribution in [-0.2, 0) is 14.4 Å². The predicted octanol–water partition coefficient (Wildman–Crippen LogP) is 4.72. The highest BCUT2D eigenvalue weighted by atomic mass is 32.2. The van der Waals surface area contributed by atoms with E-state index in [0.717, 1.165) is 36.9 Å². The van der Waals surface area contributed by atoms with Crippen molar-refractivity contribution in [2.45, 2.75) is 52.0 Å². The zero-order chi connectivity index (χ0) is 22.1. The van der Waals surface area contributed by atoms with E-state index in [1.807, 2.05) is 11.6 Å². The average Bonchev–Trinajstić information content (AvgIpc) is 3.41. The number of carbonyl (C=O) groups excluding carboxylic acids is 3. The van der Waals surface area contributed by atoms with Crippen LogP contribution in [0.1, 0.15) is 41.9 Å². The van der Waals surface area contributed by atoms with E-state index < -0.39 is 6.04 Å². The third-order valence-corrected chi connectivity index (χ3v) is 8.50. The zero-order valence-electron chi connectivity index (χ0n) is 18.0. The van der Waals surface area contributed by atoms with E-state index in [4.69, 9.17) is 0 Å². The number of thioether (sulfide) groups is 1. The van der Waals surface area contributed by atoms with Gasteiger partial charge < -0.3 is 5.32 Å². The number of imide groups is 1. The van der Waals surface area contributed by atoms with Crippen LogP contribution in [0.5, 0.6) is 0 Å². The van der Waals surface area contributed by atoms with Crippen LogP contribution >= 0.6 is 34.4 Å². The number of aromatic nitrogens is 1. The Labute approximate surface area is 194 Å². The number of carbonyl (C=O) groups is 3. The molecular formula is C22H27N3O3S3. The molecule has 1 aliphatic heterocycles. The van der Waals surface area contributed by atoms with Crippen molar-refractivity contribution in [3.05, 3.63) is 21.2 Å². The first kappa shape index (κ1) is 22.5. The average molecular weight is 478 g/mol. The molecule has 6 nitrogen and oxygen atoms in total. The van der Waals surface area contributed by atoms with Gasteiger partial charge in [-0.1, -0.05) is 12.8 Å². The van der Waals surface area contributed by atoms with Gasteiger partial charge in [0.05, 0.1) is 17.5 Å². The molecule has 1 aliphatic carbocycles. The maximum atomic E-state index is 13.2. The van der Waals surface area contributed by atoms with Crippen molar-refractivity contribution in [2.24, 2.45) is 11.8 Å². The van der Waals surface area contributed by atoms with E-state index in [-0.39, 0.29) is 29.6 Å². The van der Waals surface area contributed by atoms with Crippen molar-refractivity contribution >= 4 is 57.3 Å². The lowest BCUT2D eigenvalue weighted by Gasteiger charge is -2.25. The molecule has 1 N–H and O–H groups in total. The van der Waals surface area contributed by atoms with Gasteiger partial charge in [0, 0.05) is 20.7 Å². The van der Waals surface area contributed by atoms with Crippen molar-refractivity contribution in [1.82, 2.24) is 9.88 Å². The minimum atomic E-state index is -0.782. The van der Waals surface area contributed by atoms with Gasteiger partial charge in [-0.25, -0.2) is 4.98 Å². The van der Waals surface area contributed by atoms with Gasteiger partial charge in [0.15, 0.2) is 5.13 Å². The number of anilines is 1. The molecule has 31 heavy (non-hydrogen) atoms. The normalized spacial score (nSPS) is 22.0. The van der Waals surface area contributed by atoms with Gasteiger partial charge in [0.25, 0.3) is 0 Å². The van der Waals surface area contributed by atoms with Gasteiger partial charge in [-0.2, -0.15) is 11.8 Å². The lowest BCUT2D eigenvalue weighted by atomic mass is 9.81. The van der Waals surface area contributed by atoms with Crippen LogP contribution in [0, 0.1) is 25.7 Å². The first-order valence-corrected chi connectivity index (χ1v) is 13.7. The molecule has 0 radical (unpaired) electrons. The predicted molar refractivity (Wildman–Crippen MR) is 128 cm³/mol. The molecule has 0 aromatic carbocycles. The van der Waals surface area contributed by atoms with Crippen LogP contribution in [0.15, 0.2) is 11.4 Å². The number of thiophene rings is 1. The molecule has 0 unspecified atom stereocenters. The summed E-state index contributed by atoms with van der Waals surface area (Å²) in [6, 6.07) is 1.32. The summed E-state index contributed by atoms with van der Waals surface area (Å²) >= 11 is 4.69. The van der Waals surface area contributed by atoms with Crippen molar-refractivity contribution in [1.29, 1.82) is 0 Å². The summed E-state index contributed by atoms with van der Waals surface area (Å²) in [4.78, 5) is 47.6. The van der Waals surface area contributed by atoms with Gasteiger partial charge >= 0.3 is 0 Å². The third-order valence-electron chi connectivity index (χ3n) is 6.14. The quantitative estimate of drug-likeness (QED) is 0.584. The fourth-order valence-electron chi connectivity index (χ4n) is 4.63. The summed E-state index contributed by atoms with van der Waals surface area (Å²) in [5, 5.41) is 5.31. The van der Waals surface area contributed by atoms with Gasteiger partial charge in [-0.15, -0.1) is 22.7 Å². The van der Waals surface area contributed by atoms with Gasteiger partial charge in [-0.05, 0) is 51.2 Å². The fraction of sp³-hybridized carbons (Fsp3) is 0.545. The molecule has 4 rings (SSSR count). The summed E-state index contributed by atoms with van der Waals surface area (Å²) in [6.45, 7) is 4.13. The van der Waals surface area contributed by atoms with E-state index in [1.165, 1.54) is 26.0 Å². The van der Waals surface area contributed by atoms with Crippen molar-refractivity contribution in [2.75, 3.05) is 17.3 Å². The Bertz CT molecular complexity index is 975. The second-order valence-corrected chi connectivity index (χ2v) is 11.5. The molecule has 1 saturated heterocycles. The SMILES string of the molecule is CSCC[C@H](C(=O)Nc1nc(-c2cc(C)sc2C)cs1)N1C(=O)[C@H]2CCCC[C@H]2C1=O. The number of nitrogens with one attached hydrogen (secondary N) is 1. The molecule has 3 amide bonds. The van der Waals surface area contributed by atoms with Crippen LogP contribution in [0.25, 0.3) is 11.3 Å². The smallest absolute Gasteiger partial charge is 0.249 e. The lowest BCUT2D eigenvalue weighted by Crippen LogP contribution is -2.48. The first-order valence-electron chi connectivity index (χ1n) is 10.6. The summed E-state index contributed by atoms with van der Waals surface area (Å²) < 4.78 is 0. The molecule has 1 saturated carbocycles. The Kier molecular flexibility index (Phi) is 6.83. The van der Waals surface area contributed by atoms with Crippen LogP contribution in [0.4, 0.5) is 5.13 Å². The van der Waals surface area contributed by atoms with Crippen LogP contribution in [-0.4, -0.2) is 45.7 Å². The topological polar surface area (TPSA) is 79.4 Å². The van der Waals surface area contributed by atoms with Crippen LogP contribution in [0.3, 0.4) is 0 Å². The fourth-order valence-corrected chi connectivity index (χ4v) is 6.74. The van der Waals surface area contributed by atoms with E-state index in [1.54, 1.807) is 23.1 Å². The van der Waals surface area contributed by atoms with E-state index in [2.05, 4.69) is 30.2 Å². The van der Waals surface area contributed by atoms with Gasteiger partial charge in [0.2, 0.25) is 17.7 Å². The Hall–Kier alpha value is -1.71. The molecule has 2 fully saturated rings. The Morgan fingerprint density at radius 3 is 2.52 bits per heavy atom. The second-order valence-electron chi connectivity index (χ2n) is 8.20. The van der Waals surface area contributed by atoms with E-state index in [0.29, 0.717) is 17.3 Å². The monoisotopic (exact) mass is 477 g/mol. The maximum absolute atomic E-state index is 13.2. The zero-order valence-corrected chi connectivity index (χ0v) is 20.4. The molecule has 3 heterocycles. The summed E-state index contributed by atoms with van der Waals surface area (Å²) in [5.74, 6) is -0.459. The molecule has 2 aromatic rings. The molecule has 0 spiro atoms. The first-order chi connectivity index (χ1) is 14.9. The standard InChI is InChI=1S/C22H27N3O3S3/c1-12-10-16(13(2)31-12)17-11-30-22(23-17)24-19(26)18(8-9-29-3)25-20(27)14-6-4-5-7-15(14)21(25)28/h10-11,14-15,18H,4-9H2,1-3H3,(H,23,24,26)/t14-,15+,18-/m1/s1. The molecule has 2 aromatic heterocycles. The van der Waals surface area contributed by atoms with Crippen LogP contribution in [0.2, 0.25) is 0 Å². The molecule has 3 atom stereocenters. The number of likely N-dealkylation sites (tertiary alicyclic amines) is 1. The molecule has 166 valence electrons. The number of hydrogen-bond donors (Lipinski definition) is 1. The van der Waals surface area contributed by atoms with Gasteiger partial charge in [-0.3, -0.25) is 19.3 Å². The Morgan fingerprint density at radius 1 is 1.26 bits per heavy atom. The number of amides is 3. The van der Waals surface area contributed by atoms with Gasteiger partial charge in [0.1, 0.15) is 6.04 Å². The molecule has 9 heteroatoms. The summed E-state index contributed by atoms with van der Waals surface area (Å²) in [5.41, 5.74) is 1.91. The minimum absolute atomic E-state index is 0.167. The van der Waals surface area contributed by atoms with Crippen molar-refractivity contribution in [3.63, 3.8) is 0 Å². The van der Waals surface area contributed by atoms with E-state index >= 15 is 0 Å². The molecular weight excluding hydrogens is 450 g/mol. The Morgan fingerprint density at radius 2 is 1.94 bits per heavy atom. The lowest BCUT2D eigenvalue weighted by molar-refractivity contribution is -0.146. The highest BCUT2D eigenvalue weighted by molar-refractivity contribution is 7.98. The number of nitrogens with zero attached hydrogens (tertiary/aromatic N) is 2. The molecule has 2 aliphatic rings. The Balaban J connectivity index is 1.53. The maximum Gasteiger partial charge on any atom is 0.249 e. The summed E-state index contributed by atoms with van der Waals surface area (Å²) in [6.07, 6.45) is 5.85. The highest BCUT2D eigenvalue weighted by Crippen LogP contribution is 2.39. The highest BCUT2D eigenvalue weighted by Gasteiger charge is 2.51. The molecule has 0 bridgehead atoms. The number of fused-ring (bicyclic) bond motifs is 1. The van der Waals surface area contributed by atoms with Crippen molar-refractivity contribution in [3.8, 4) is 11.3 Å². The number of rotatable bonds is 7. The van der Waals surface area contributed by atoms with E-state index in [9.17, 15) is 14.4 Å². The third kappa shape index (κ3) is 4.45. The summed E-state index contributed by atoms with van der Waals surface area (Å²) in [7, 11) is 0. The van der Waals surface area contributed by atoms with Crippen LogP contribution < -0.4 is 5.32 Å². The largest absolute Gasteiger partial charge is 0.300 e.